The van der Waals surface area contributed by atoms with Crippen molar-refractivity contribution in [1.29, 1.82) is 0 Å². The van der Waals surface area contributed by atoms with E-state index >= 15 is 0 Å². The molecule has 0 bridgehead atoms. The van der Waals surface area contributed by atoms with Crippen molar-refractivity contribution >= 4 is 23.5 Å². The van der Waals surface area contributed by atoms with Gasteiger partial charge in [0, 0.05) is 18.1 Å². The van der Waals surface area contributed by atoms with Gasteiger partial charge < -0.3 is 9.73 Å². The van der Waals surface area contributed by atoms with Crippen molar-refractivity contribution in [3.63, 3.8) is 0 Å². The quantitative estimate of drug-likeness (QED) is 0.456. The number of nitrogens with one attached hydrogen (secondary N) is 1. The number of carbonyl (C=O) groups is 2. The summed E-state index contributed by atoms with van der Waals surface area (Å²) in [5, 5.41) is 11.3. The molecule has 0 spiro atoms. The fourth-order valence-corrected chi connectivity index (χ4v) is 3.70. The highest BCUT2D eigenvalue weighted by atomic mass is 32.2. The summed E-state index contributed by atoms with van der Waals surface area (Å²) in [6.07, 6.45) is 0. The van der Waals surface area contributed by atoms with E-state index in [1.807, 2.05) is 45.0 Å². The largest absolute Gasteiger partial charge is 0.411 e. The number of hydrogen-bond donors (Lipinski definition) is 1. The summed E-state index contributed by atoms with van der Waals surface area (Å²) in [5.41, 5.74) is 4.67. The van der Waals surface area contributed by atoms with Gasteiger partial charge in [-0.05, 0) is 38.5 Å². The Labute approximate surface area is 174 Å². The first-order chi connectivity index (χ1) is 13.8. The lowest BCUT2D eigenvalue weighted by atomic mass is 10.0. The molecule has 150 valence electrons. The van der Waals surface area contributed by atoms with Crippen molar-refractivity contribution in [3.8, 4) is 11.5 Å². The molecular weight excluding hydrogens is 386 g/mol. The Hall–Kier alpha value is -2.93. The Bertz CT molecular complexity index is 1010. The third kappa shape index (κ3) is 5.54. The number of carbonyl (C=O) groups excluding carboxylic acids is 2. The molecule has 7 heteroatoms. The second-order valence-electron chi connectivity index (χ2n) is 7.01. The minimum absolute atomic E-state index is 0.0279. The van der Waals surface area contributed by atoms with Gasteiger partial charge in [-0.3, -0.25) is 9.59 Å². The van der Waals surface area contributed by atoms with Crippen molar-refractivity contribution < 1.29 is 14.0 Å². The molecule has 0 radical (unpaired) electrons. The maximum atomic E-state index is 12.5. The van der Waals surface area contributed by atoms with Crippen LogP contribution in [0, 0.1) is 13.8 Å². The van der Waals surface area contributed by atoms with Crippen molar-refractivity contribution in [2.75, 3.05) is 5.75 Å². The fraction of sp³-hybridized carbons (Fsp3) is 0.273. The number of thioether (sulfide) groups is 1. The van der Waals surface area contributed by atoms with Gasteiger partial charge in [-0.15, -0.1) is 10.2 Å². The topological polar surface area (TPSA) is 85.1 Å². The number of amides is 1. The molecule has 1 aromatic heterocycles. The summed E-state index contributed by atoms with van der Waals surface area (Å²) in [7, 11) is 0. The molecule has 1 atom stereocenters. The van der Waals surface area contributed by atoms with Crippen LogP contribution in [-0.2, 0) is 4.79 Å². The third-order valence-corrected chi connectivity index (χ3v) is 5.17. The lowest BCUT2D eigenvalue weighted by molar-refractivity contribution is -0.119. The van der Waals surface area contributed by atoms with Crippen molar-refractivity contribution in [1.82, 2.24) is 15.5 Å². The van der Waals surface area contributed by atoms with E-state index in [1.165, 1.54) is 18.7 Å². The third-order valence-electron chi connectivity index (χ3n) is 4.35. The first-order valence-corrected chi connectivity index (χ1v) is 10.3. The van der Waals surface area contributed by atoms with E-state index < -0.39 is 0 Å². The molecule has 3 aromatic rings. The Balaban J connectivity index is 1.61. The van der Waals surface area contributed by atoms with Gasteiger partial charge in [0.1, 0.15) is 0 Å². The molecule has 0 aliphatic rings. The molecule has 0 aliphatic carbocycles. The van der Waals surface area contributed by atoms with Crippen molar-refractivity contribution in [3.05, 3.63) is 64.7 Å². The van der Waals surface area contributed by atoms with Crippen LogP contribution in [0.5, 0.6) is 0 Å². The number of benzene rings is 2. The normalized spacial score (nSPS) is 11.9. The minimum Gasteiger partial charge on any atom is -0.411 e. The Morgan fingerprint density at radius 2 is 1.72 bits per heavy atom. The average molecular weight is 410 g/mol. The van der Waals surface area contributed by atoms with Crippen LogP contribution in [0.3, 0.4) is 0 Å². The van der Waals surface area contributed by atoms with Crippen LogP contribution in [0.15, 0.2) is 52.1 Å². The van der Waals surface area contributed by atoms with Gasteiger partial charge in [-0.1, -0.05) is 53.2 Å². The number of aromatic nitrogens is 2. The standard InChI is InChI=1S/C22H23N3O3S/c1-13-9-14(2)11-19(10-13)21-24-25-22(28-21)29-12-20(27)18-7-5-17(6-8-18)15(3)23-16(4)26/h5-11,15H,12H2,1-4H3,(H,23,26)/t15-/m1/s1. The average Bonchev–Trinajstić information content (AvgIpc) is 3.14. The van der Waals surface area contributed by atoms with E-state index in [-0.39, 0.29) is 23.5 Å². The maximum absolute atomic E-state index is 12.5. The van der Waals surface area contributed by atoms with Gasteiger partial charge in [0.2, 0.25) is 11.8 Å². The molecule has 29 heavy (non-hydrogen) atoms. The highest BCUT2D eigenvalue weighted by Gasteiger charge is 2.14. The molecule has 1 amide bonds. The van der Waals surface area contributed by atoms with Crippen molar-refractivity contribution in [2.45, 2.75) is 39.0 Å². The van der Waals surface area contributed by atoms with Crippen LogP contribution in [0.4, 0.5) is 0 Å². The summed E-state index contributed by atoms with van der Waals surface area (Å²) in [5.74, 6) is 0.534. The van der Waals surface area contributed by atoms with E-state index in [2.05, 4.69) is 21.6 Å². The van der Waals surface area contributed by atoms with Crippen LogP contribution in [0.1, 0.15) is 46.9 Å². The highest BCUT2D eigenvalue weighted by molar-refractivity contribution is 7.99. The summed E-state index contributed by atoms with van der Waals surface area (Å²) >= 11 is 1.22. The smallest absolute Gasteiger partial charge is 0.277 e. The molecule has 1 heterocycles. The van der Waals surface area contributed by atoms with Gasteiger partial charge in [0.25, 0.3) is 5.22 Å². The predicted molar refractivity (Wildman–Crippen MR) is 113 cm³/mol. The lowest BCUT2D eigenvalue weighted by Crippen LogP contribution is -2.23. The molecule has 0 saturated heterocycles. The number of nitrogens with zero attached hydrogens (tertiary/aromatic N) is 2. The molecule has 0 fully saturated rings. The number of aryl methyl sites for hydroxylation is 2. The zero-order valence-corrected chi connectivity index (χ0v) is 17.7. The predicted octanol–water partition coefficient (Wildman–Crippen LogP) is 4.53. The molecule has 6 nitrogen and oxygen atoms in total. The molecular formula is C22H23N3O3S. The number of Topliss-reactive ketones (excluding diaryl/α,β-unsaturated/α-hetero) is 1. The highest BCUT2D eigenvalue weighted by Crippen LogP contribution is 2.25. The Morgan fingerprint density at radius 1 is 1.07 bits per heavy atom. The van der Waals surface area contributed by atoms with E-state index in [0.717, 1.165) is 22.3 Å². The van der Waals surface area contributed by atoms with Crippen LogP contribution in [0.2, 0.25) is 0 Å². The zero-order valence-electron chi connectivity index (χ0n) is 16.9. The second kappa shape index (κ2) is 9.05. The summed E-state index contributed by atoms with van der Waals surface area (Å²) in [6, 6.07) is 13.2. The Morgan fingerprint density at radius 3 is 2.34 bits per heavy atom. The zero-order chi connectivity index (χ0) is 21.0. The van der Waals surface area contributed by atoms with E-state index in [0.29, 0.717) is 16.7 Å². The molecule has 1 N–H and O–H groups in total. The van der Waals surface area contributed by atoms with Crippen LogP contribution >= 0.6 is 11.8 Å². The van der Waals surface area contributed by atoms with Gasteiger partial charge in [0.05, 0.1) is 11.8 Å². The number of hydrogen-bond acceptors (Lipinski definition) is 6. The van der Waals surface area contributed by atoms with Gasteiger partial charge in [-0.25, -0.2) is 0 Å². The summed E-state index contributed by atoms with van der Waals surface area (Å²) in [4.78, 5) is 23.6. The molecule has 3 rings (SSSR count). The van der Waals surface area contributed by atoms with Gasteiger partial charge in [0.15, 0.2) is 5.78 Å². The summed E-state index contributed by atoms with van der Waals surface area (Å²) < 4.78 is 5.70. The minimum atomic E-state index is -0.104. The lowest BCUT2D eigenvalue weighted by Gasteiger charge is -2.13. The van der Waals surface area contributed by atoms with Crippen LogP contribution < -0.4 is 5.32 Å². The first-order valence-electron chi connectivity index (χ1n) is 9.27. The van der Waals surface area contributed by atoms with Crippen LogP contribution in [0.25, 0.3) is 11.5 Å². The summed E-state index contributed by atoms with van der Waals surface area (Å²) in [6.45, 7) is 7.42. The monoisotopic (exact) mass is 409 g/mol. The number of rotatable bonds is 7. The van der Waals surface area contributed by atoms with Gasteiger partial charge >= 0.3 is 0 Å². The SMILES string of the molecule is CC(=O)N[C@H](C)c1ccc(C(=O)CSc2nnc(-c3cc(C)cc(C)c3)o2)cc1. The van der Waals surface area contributed by atoms with Crippen LogP contribution in [-0.4, -0.2) is 27.6 Å². The molecule has 2 aromatic carbocycles. The molecule has 0 aliphatic heterocycles. The molecule has 0 saturated carbocycles. The van der Waals surface area contributed by atoms with E-state index in [1.54, 1.807) is 12.1 Å². The maximum Gasteiger partial charge on any atom is 0.277 e. The Kier molecular flexibility index (Phi) is 6.49. The fourth-order valence-electron chi connectivity index (χ4n) is 3.04. The molecule has 0 unspecified atom stereocenters. The number of ketones is 1. The second-order valence-corrected chi connectivity index (χ2v) is 7.93. The van der Waals surface area contributed by atoms with Crippen molar-refractivity contribution in [2.24, 2.45) is 0 Å². The van der Waals surface area contributed by atoms with E-state index in [4.69, 9.17) is 4.42 Å². The van der Waals surface area contributed by atoms with Gasteiger partial charge in [-0.2, -0.15) is 0 Å². The van der Waals surface area contributed by atoms with E-state index in [9.17, 15) is 9.59 Å². The first kappa shape index (κ1) is 20.8.